The van der Waals surface area contributed by atoms with Crippen molar-refractivity contribution >= 4 is 5.91 Å². The molecular weight excluding hydrogens is 208 g/mol. The highest BCUT2D eigenvalue weighted by atomic mass is 16.8. The Hall–Kier alpha value is -0.650. The molecule has 0 spiro atoms. The van der Waals surface area contributed by atoms with Crippen LogP contribution in [0.1, 0.15) is 39.5 Å². The number of nitrogens with one attached hydrogen (secondary N) is 2. The number of aliphatic hydroxyl groups is 1. The van der Waals surface area contributed by atoms with Crippen LogP contribution in [0, 0.1) is 5.92 Å². The number of carbonyl (C=O) groups excluding carboxylic acids is 1. The summed E-state index contributed by atoms with van der Waals surface area (Å²) in [6.45, 7) is 4.20. The van der Waals surface area contributed by atoms with Crippen LogP contribution in [-0.2, 0) is 9.63 Å². The Bertz CT molecular complexity index is 278. The molecule has 0 aromatic rings. The molecule has 5 nitrogen and oxygen atoms in total. The molecule has 2 atom stereocenters. The lowest BCUT2D eigenvalue weighted by Gasteiger charge is -2.19. The van der Waals surface area contributed by atoms with Gasteiger partial charge in [-0.1, -0.05) is 13.8 Å². The van der Waals surface area contributed by atoms with Crippen LogP contribution >= 0.6 is 0 Å². The van der Waals surface area contributed by atoms with Crippen LogP contribution in [0.4, 0.5) is 0 Å². The third-order valence-corrected chi connectivity index (χ3v) is 2.94. The fourth-order valence-electron chi connectivity index (χ4n) is 1.96. The lowest BCUT2D eigenvalue weighted by Crippen LogP contribution is -2.47. The second-order valence-electron chi connectivity index (χ2n) is 5.28. The maximum Gasteiger partial charge on any atom is 0.282 e. The molecule has 0 bridgehead atoms. The molecule has 2 fully saturated rings. The van der Waals surface area contributed by atoms with Gasteiger partial charge in [0.05, 0.1) is 0 Å². The summed E-state index contributed by atoms with van der Waals surface area (Å²) >= 11 is 0. The average molecular weight is 228 g/mol. The minimum Gasteiger partial charge on any atom is -0.357 e. The van der Waals surface area contributed by atoms with E-state index < -0.39 is 11.7 Å². The van der Waals surface area contributed by atoms with Gasteiger partial charge >= 0.3 is 0 Å². The summed E-state index contributed by atoms with van der Waals surface area (Å²) in [5.74, 6) is -1.58. The lowest BCUT2D eigenvalue weighted by atomic mass is 9.98. The van der Waals surface area contributed by atoms with E-state index in [1.807, 2.05) is 0 Å². The number of carbonyl (C=O) groups is 1. The van der Waals surface area contributed by atoms with Crippen LogP contribution in [0.5, 0.6) is 0 Å². The number of hydroxylamine groups is 1. The van der Waals surface area contributed by atoms with Gasteiger partial charge in [-0.05, 0) is 25.2 Å². The number of hydrogen-bond donors (Lipinski definition) is 3. The molecule has 3 N–H and O–H groups in total. The van der Waals surface area contributed by atoms with Gasteiger partial charge < -0.3 is 10.4 Å². The van der Waals surface area contributed by atoms with Gasteiger partial charge in [-0.25, -0.2) is 0 Å². The summed E-state index contributed by atoms with van der Waals surface area (Å²) < 4.78 is 0. The van der Waals surface area contributed by atoms with Crippen LogP contribution in [0.15, 0.2) is 0 Å². The maximum absolute atomic E-state index is 11.7. The Morgan fingerprint density at radius 1 is 1.62 bits per heavy atom. The van der Waals surface area contributed by atoms with Crippen LogP contribution in [0.25, 0.3) is 0 Å². The Balaban J connectivity index is 1.86. The molecule has 1 saturated carbocycles. The summed E-state index contributed by atoms with van der Waals surface area (Å²) in [4.78, 5) is 16.8. The van der Waals surface area contributed by atoms with Crippen molar-refractivity contribution in [3.05, 3.63) is 0 Å². The highest BCUT2D eigenvalue weighted by Crippen LogP contribution is 2.27. The van der Waals surface area contributed by atoms with Crippen molar-refractivity contribution in [2.45, 2.75) is 57.4 Å². The number of hydrogen-bond acceptors (Lipinski definition) is 4. The fourth-order valence-corrected chi connectivity index (χ4v) is 1.96. The highest BCUT2D eigenvalue weighted by Gasteiger charge is 2.47. The molecule has 1 saturated heterocycles. The van der Waals surface area contributed by atoms with Gasteiger partial charge in [0.15, 0.2) is 0 Å². The summed E-state index contributed by atoms with van der Waals surface area (Å²) in [5, 5.41) is 12.8. The predicted molar refractivity (Wildman–Crippen MR) is 58.2 cm³/mol. The first-order valence-corrected chi connectivity index (χ1v) is 5.96. The molecule has 16 heavy (non-hydrogen) atoms. The average Bonchev–Trinajstić information content (AvgIpc) is 2.90. The van der Waals surface area contributed by atoms with Crippen LogP contribution in [0.2, 0.25) is 0 Å². The first-order chi connectivity index (χ1) is 7.49. The van der Waals surface area contributed by atoms with Crippen molar-refractivity contribution in [2.24, 2.45) is 5.92 Å². The van der Waals surface area contributed by atoms with Crippen LogP contribution in [0.3, 0.4) is 0 Å². The van der Waals surface area contributed by atoms with Gasteiger partial charge in [0.2, 0.25) is 0 Å². The smallest absolute Gasteiger partial charge is 0.282 e. The van der Waals surface area contributed by atoms with Crippen LogP contribution in [-0.4, -0.2) is 28.9 Å². The first-order valence-electron chi connectivity index (χ1n) is 5.96. The van der Waals surface area contributed by atoms with Gasteiger partial charge in [-0.3, -0.25) is 9.63 Å². The Morgan fingerprint density at radius 3 is 2.88 bits per heavy atom. The predicted octanol–water partition coefficient (Wildman–Crippen LogP) is 0.293. The molecule has 0 aromatic carbocycles. The minimum atomic E-state index is -1.68. The van der Waals surface area contributed by atoms with E-state index in [0.717, 1.165) is 19.3 Å². The third kappa shape index (κ3) is 2.72. The van der Waals surface area contributed by atoms with E-state index >= 15 is 0 Å². The van der Waals surface area contributed by atoms with Gasteiger partial charge in [0.1, 0.15) is 0 Å². The zero-order valence-electron chi connectivity index (χ0n) is 9.82. The molecule has 2 rings (SSSR count). The summed E-state index contributed by atoms with van der Waals surface area (Å²) in [6, 6.07) is 0.291. The largest absolute Gasteiger partial charge is 0.357 e. The monoisotopic (exact) mass is 228 g/mol. The molecule has 1 aliphatic carbocycles. The zero-order valence-corrected chi connectivity index (χ0v) is 9.82. The van der Waals surface area contributed by atoms with E-state index in [1.165, 1.54) is 0 Å². The molecule has 1 aliphatic heterocycles. The van der Waals surface area contributed by atoms with Crippen molar-refractivity contribution in [1.82, 2.24) is 10.8 Å². The van der Waals surface area contributed by atoms with Crippen LogP contribution < -0.4 is 10.8 Å². The fraction of sp³-hybridized carbons (Fsp3) is 0.909. The zero-order chi connectivity index (χ0) is 11.8. The molecule has 2 aliphatic rings. The lowest BCUT2D eigenvalue weighted by molar-refractivity contribution is -0.206. The molecule has 1 amide bonds. The van der Waals surface area contributed by atoms with Gasteiger partial charge in [0, 0.05) is 18.5 Å². The second-order valence-corrected chi connectivity index (χ2v) is 5.28. The van der Waals surface area contributed by atoms with Crippen molar-refractivity contribution in [3.8, 4) is 0 Å². The molecule has 0 aromatic heterocycles. The second kappa shape index (κ2) is 4.31. The molecule has 0 radical (unpaired) electrons. The topological polar surface area (TPSA) is 70.6 Å². The van der Waals surface area contributed by atoms with Crippen molar-refractivity contribution in [2.75, 3.05) is 0 Å². The Kier molecular flexibility index (Phi) is 3.19. The van der Waals surface area contributed by atoms with E-state index in [2.05, 4.69) is 24.6 Å². The normalized spacial score (nSPS) is 34.4. The summed E-state index contributed by atoms with van der Waals surface area (Å²) in [7, 11) is 0. The summed E-state index contributed by atoms with van der Waals surface area (Å²) in [6.07, 6.45) is 3.22. The first kappa shape index (κ1) is 11.8. The third-order valence-electron chi connectivity index (χ3n) is 2.94. The quantitative estimate of drug-likeness (QED) is 0.647. The standard InChI is InChI=1S/C11H20N2O3/c1-7(2)5-9-6-11(15,16-13-9)10(14)12-8-3-4-8/h7-9,13,15H,3-6H2,1-2H3,(H,12,14)/t9-,11+/m0/s1. The highest BCUT2D eigenvalue weighted by molar-refractivity contribution is 5.84. The molecule has 0 unspecified atom stereocenters. The summed E-state index contributed by atoms with van der Waals surface area (Å²) in [5.41, 5.74) is 2.74. The van der Waals surface area contributed by atoms with E-state index in [-0.39, 0.29) is 12.1 Å². The van der Waals surface area contributed by atoms with Gasteiger partial charge in [0.25, 0.3) is 11.7 Å². The van der Waals surface area contributed by atoms with Crippen molar-refractivity contribution in [3.63, 3.8) is 0 Å². The minimum absolute atomic E-state index is 0.0509. The Morgan fingerprint density at radius 2 is 2.31 bits per heavy atom. The van der Waals surface area contributed by atoms with E-state index in [0.29, 0.717) is 12.3 Å². The van der Waals surface area contributed by atoms with E-state index in [1.54, 1.807) is 0 Å². The Labute approximate surface area is 95.5 Å². The molecule has 5 heteroatoms. The molecule has 92 valence electrons. The SMILES string of the molecule is CC(C)C[C@H]1C[C@](O)(C(=O)NC2CC2)ON1. The van der Waals surface area contributed by atoms with E-state index in [9.17, 15) is 9.90 Å². The molecule has 1 heterocycles. The maximum atomic E-state index is 11.7. The van der Waals surface area contributed by atoms with E-state index in [4.69, 9.17) is 4.84 Å². The van der Waals surface area contributed by atoms with Gasteiger partial charge in [-0.2, -0.15) is 5.48 Å². The number of rotatable bonds is 4. The molecular formula is C11H20N2O3. The van der Waals surface area contributed by atoms with Gasteiger partial charge in [-0.15, -0.1) is 0 Å². The van der Waals surface area contributed by atoms with Crippen molar-refractivity contribution < 1.29 is 14.7 Å². The number of amides is 1. The van der Waals surface area contributed by atoms with Crippen molar-refractivity contribution in [1.29, 1.82) is 0 Å².